The SMILES string of the molecule is O=C(c1cccc([N+](=O)[O-])c1)N1CCN(c2cccc([N+](=O)[O-])c2)CC1. The van der Waals surface area contributed by atoms with Gasteiger partial charge in [-0.1, -0.05) is 12.1 Å². The van der Waals surface area contributed by atoms with Crippen molar-refractivity contribution in [3.63, 3.8) is 0 Å². The van der Waals surface area contributed by atoms with E-state index in [4.69, 9.17) is 0 Å². The van der Waals surface area contributed by atoms with Crippen LogP contribution < -0.4 is 4.90 Å². The molecule has 3 rings (SSSR count). The molecule has 0 radical (unpaired) electrons. The van der Waals surface area contributed by atoms with Crippen molar-refractivity contribution in [3.8, 4) is 0 Å². The van der Waals surface area contributed by atoms with Gasteiger partial charge in [-0.05, 0) is 12.1 Å². The predicted octanol–water partition coefficient (Wildman–Crippen LogP) is 2.47. The van der Waals surface area contributed by atoms with E-state index in [1.54, 1.807) is 23.1 Å². The van der Waals surface area contributed by atoms with E-state index in [2.05, 4.69) is 0 Å². The maximum atomic E-state index is 12.6. The summed E-state index contributed by atoms with van der Waals surface area (Å²) >= 11 is 0. The smallest absolute Gasteiger partial charge is 0.271 e. The van der Waals surface area contributed by atoms with Crippen molar-refractivity contribution in [1.29, 1.82) is 0 Å². The highest BCUT2D eigenvalue weighted by Crippen LogP contribution is 2.23. The fourth-order valence-electron chi connectivity index (χ4n) is 2.91. The second kappa shape index (κ2) is 7.18. The predicted molar refractivity (Wildman–Crippen MR) is 94.3 cm³/mol. The summed E-state index contributed by atoms with van der Waals surface area (Å²) in [6.45, 7) is 1.93. The normalized spacial score (nSPS) is 14.2. The molecule has 0 unspecified atom stereocenters. The van der Waals surface area contributed by atoms with Crippen LogP contribution >= 0.6 is 0 Å². The van der Waals surface area contributed by atoms with Crippen molar-refractivity contribution >= 4 is 23.0 Å². The summed E-state index contributed by atoms with van der Waals surface area (Å²) in [5.41, 5.74) is 0.924. The Hall–Kier alpha value is -3.49. The Balaban J connectivity index is 1.67. The first kappa shape index (κ1) is 17.3. The molecule has 1 aliphatic rings. The van der Waals surface area contributed by atoms with Crippen LogP contribution in [0.2, 0.25) is 0 Å². The van der Waals surface area contributed by atoms with Crippen LogP contribution in [0.15, 0.2) is 48.5 Å². The molecule has 1 amide bonds. The van der Waals surface area contributed by atoms with Crippen molar-refractivity contribution in [1.82, 2.24) is 4.90 Å². The van der Waals surface area contributed by atoms with Gasteiger partial charge in [0.25, 0.3) is 17.3 Å². The van der Waals surface area contributed by atoms with E-state index in [-0.39, 0.29) is 22.8 Å². The average molecular weight is 356 g/mol. The lowest BCUT2D eigenvalue weighted by atomic mass is 10.1. The molecule has 0 saturated carbocycles. The van der Waals surface area contributed by atoms with Crippen molar-refractivity contribution < 1.29 is 14.6 Å². The molecule has 9 nitrogen and oxygen atoms in total. The van der Waals surface area contributed by atoms with Gasteiger partial charge in [0, 0.05) is 61.7 Å². The van der Waals surface area contributed by atoms with Crippen LogP contribution in [0, 0.1) is 20.2 Å². The zero-order valence-electron chi connectivity index (χ0n) is 13.8. The monoisotopic (exact) mass is 356 g/mol. The van der Waals surface area contributed by atoms with Gasteiger partial charge in [-0.15, -0.1) is 0 Å². The van der Waals surface area contributed by atoms with Crippen LogP contribution in [0.1, 0.15) is 10.4 Å². The quantitative estimate of drug-likeness (QED) is 0.615. The van der Waals surface area contributed by atoms with Crippen LogP contribution in [0.4, 0.5) is 17.1 Å². The van der Waals surface area contributed by atoms with Gasteiger partial charge in [-0.3, -0.25) is 25.0 Å². The summed E-state index contributed by atoms with van der Waals surface area (Å²) in [5, 5.41) is 21.7. The average Bonchev–Trinajstić information content (AvgIpc) is 2.67. The van der Waals surface area contributed by atoms with Crippen molar-refractivity contribution in [2.45, 2.75) is 0 Å². The fourth-order valence-corrected chi connectivity index (χ4v) is 2.91. The molecular weight excluding hydrogens is 340 g/mol. The van der Waals surface area contributed by atoms with Gasteiger partial charge < -0.3 is 9.80 Å². The maximum absolute atomic E-state index is 12.6. The Morgan fingerprint density at radius 2 is 1.42 bits per heavy atom. The number of anilines is 1. The number of benzene rings is 2. The van der Waals surface area contributed by atoms with E-state index in [1.807, 2.05) is 4.90 Å². The Bertz CT molecular complexity index is 862. The second-order valence-corrected chi connectivity index (χ2v) is 5.86. The van der Waals surface area contributed by atoms with Gasteiger partial charge in [-0.25, -0.2) is 0 Å². The Labute approximate surface area is 148 Å². The molecule has 2 aromatic rings. The molecule has 26 heavy (non-hydrogen) atoms. The van der Waals surface area contributed by atoms with Gasteiger partial charge in [0.15, 0.2) is 0 Å². The van der Waals surface area contributed by atoms with Gasteiger partial charge in [0.2, 0.25) is 0 Å². The molecule has 1 fully saturated rings. The summed E-state index contributed by atoms with van der Waals surface area (Å²) < 4.78 is 0. The lowest BCUT2D eigenvalue weighted by Crippen LogP contribution is -2.48. The third-order valence-electron chi connectivity index (χ3n) is 4.28. The number of rotatable bonds is 4. The van der Waals surface area contributed by atoms with Gasteiger partial charge in [0.05, 0.1) is 9.85 Å². The number of nitro benzene ring substituents is 2. The molecule has 9 heteroatoms. The highest BCUT2D eigenvalue weighted by molar-refractivity contribution is 5.95. The topological polar surface area (TPSA) is 110 Å². The van der Waals surface area contributed by atoms with E-state index in [0.717, 1.165) is 5.69 Å². The number of hydrogen-bond acceptors (Lipinski definition) is 6. The standard InChI is InChI=1S/C17H16N4O5/c22-17(13-3-1-5-15(11-13)20(23)24)19-9-7-18(8-10-19)14-4-2-6-16(12-14)21(25)26/h1-6,11-12H,7-10H2. The zero-order chi connectivity index (χ0) is 18.7. The van der Waals surface area contributed by atoms with E-state index in [1.165, 1.54) is 30.3 Å². The number of carbonyl (C=O) groups excluding carboxylic acids is 1. The highest BCUT2D eigenvalue weighted by Gasteiger charge is 2.24. The van der Waals surface area contributed by atoms with Crippen molar-refractivity contribution in [3.05, 3.63) is 74.3 Å². The van der Waals surface area contributed by atoms with Gasteiger partial charge in [0.1, 0.15) is 0 Å². The fraction of sp³-hybridized carbons (Fsp3) is 0.235. The number of nitrogens with zero attached hydrogens (tertiary/aromatic N) is 4. The number of carbonyl (C=O) groups is 1. The van der Waals surface area contributed by atoms with Crippen LogP contribution in [-0.2, 0) is 0 Å². The number of nitro groups is 2. The minimum absolute atomic E-state index is 0.0256. The Morgan fingerprint density at radius 1 is 0.846 bits per heavy atom. The van der Waals surface area contributed by atoms with E-state index in [0.29, 0.717) is 26.2 Å². The van der Waals surface area contributed by atoms with Gasteiger partial charge in [-0.2, -0.15) is 0 Å². The molecule has 0 N–H and O–H groups in total. The van der Waals surface area contributed by atoms with Crippen LogP contribution in [0.5, 0.6) is 0 Å². The Morgan fingerprint density at radius 3 is 2.04 bits per heavy atom. The number of hydrogen-bond donors (Lipinski definition) is 0. The highest BCUT2D eigenvalue weighted by atomic mass is 16.6. The second-order valence-electron chi connectivity index (χ2n) is 5.86. The molecule has 1 saturated heterocycles. The van der Waals surface area contributed by atoms with Crippen LogP contribution in [0.25, 0.3) is 0 Å². The van der Waals surface area contributed by atoms with Crippen LogP contribution in [0.3, 0.4) is 0 Å². The maximum Gasteiger partial charge on any atom is 0.271 e. The lowest BCUT2D eigenvalue weighted by molar-refractivity contribution is -0.385. The largest absolute Gasteiger partial charge is 0.368 e. The first-order valence-electron chi connectivity index (χ1n) is 7.99. The zero-order valence-corrected chi connectivity index (χ0v) is 13.8. The molecule has 2 aromatic carbocycles. The number of non-ortho nitro benzene ring substituents is 2. The van der Waals surface area contributed by atoms with Crippen molar-refractivity contribution in [2.24, 2.45) is 0 Å². The van der Waals surface area contributed by atoms with E-state index >= 15 is 0 Å². The molecular formula is C17H16N4O5. The molecule has 1 heterocycles. The Kier molecular flexibility index (Phi) is 4.78. The van der Waals surface area contributed by atoms with Crippen LogP contribution in [-0.4, -0.2) is 46.8 Å². The first-order chi connectivity index (χ1) is 12.5. The third-order valence-corrected chi connectivity index (χ3v) is 4.28. The summed E-state index contributed by atoms with van der Waals surface area (Å²) in [4.78, 5) is 36.9. The third kappa shape index (κ3) is 3.61. The molecule has 0 aliphatic carbocycles. The molecule has 1 aliphatic heterocycles. The van der Waals surface area contributed by atoms with Crippen molar-refractivity contribution in [2.75, 3.05) is 31.1 Å². The molecule has 0 aromatic heterocycles. The summed E-state index contributed by atoms with van der Waals surface area (Å²) in [7, 11) is 0. The summed E-state index contributed by atoms with van der Waals surface area (Å²) in [6, 6.07) is 12.0. The molecule has 0 spiro atoms. The first-order valence-corrected chi connectivity index (χ1v) is 7.99. The van der Waals surface area contributed by atoms with E-state index in [9.17, 15) is 25.0 Å². The minimum atomic E-state index is -0.531. The molecule has 134 valence electrons. The number of piperazine rings is 1. The molecule has 0 bridgehead atoms. The summed E-state index contributed by atoms with van der Waals surface area (Å²) in [5.74, 6) is -0.257. The van der Waals surface area contributed by atoms with Gasteiger partial charge >= 0.3 is 0 Å². The van der Waals surface area contributed by atoms with E-state index < -0.39 is 9.85 Å². The minimum Gasteiger partial charge on any atom is -0.368 e. The number of amides is 1. The molecule has 0 atom stereocenters. The summed E-state index contributed by atoms with van der Waals surface area (Å²) in [6.07, 6.45) is 0. The lowest BCUT2D eigenvalue weighted by Gasteiger charge is -2.36.